The Morgan fingerprint density at radius 2 is 1.87 bits per heavy atom. The number of fused-ring (bicyclic) bond motifs is 2. The molecule has 1 saturated heterocycles. The first-order valence-corrected chi connectivity index (χ1v) is 12.1. The van der Waals surface area contributed by atoms with Gasteiger partial charge in [0.15, 0.2) is 0 Å². The fourth-order valence-electron chi connectivity index (χ4n) is 4.32. The summed E-state index contributed by atoms with van der Waals surface area (Å²) in [5.41, 5.74) is 2.12. The van der Waals surface area contributed by atoms with Crippen LogP contribution in [0.4, 0.5) is 0 Å². The number of aromatic amines is 1. The number of benzene rings is 2. The lowest BCUT2D eigenvalue weighted by Crippen LogP contribution is -2.25. The number of likely N-dealkylation sites (tertiary alicyclic amines) is 1. The summed E-state index contributed by atoms with van der Waals surface area (Å²) in [6.07, 6.45) is 2.22. The van der Waals surface area contributed by atoms with E-state index < -0.39 is 0 Å². The van der Waals surface area contributed by atoms with Crippen molar-refractivity contribution in [3.8, 4) is 10.4 Å². The van der Waals surface area contributed by atoms with Crippen molar-refractivity contribution >= 4 is 43.1 Å². The molecule has 1 fully saturated rings. The molecule has 154 valence electrons. The van der Waals surface area contributed by atoms with Gasteiger partial charge in [-0.3, -0.25) is 9.69 Å². The third-order valence-corrected chi connectivity index (χ3v) is 8.04. The molecule has 1 aliphatic rings. The van der Waals surface area contributed by atoms with Gasteiger partial charge < -0.3 is 4.98 Å². The third kappa shape index (κ3) is 3.48. The molecule has 0 aliphatic carbocycles. The highest BCUT2D eigenvalue weighted by Gasteiger charge is 2.29. The number of thiophene rings is 1. The number of aromatic nitrogens is 3. The Labute approximate surface area is 187 Å². The summed E-state index contributed by atoms with van der Waals surface area (Å²) in [7, 11) is 0. The molecule has 5 aromatic rings. The third-order valence-electron chi connectivity index (χ3n) is 5.82. The Balaban J connectivity index is 1.31. The maximum atomic E-state index is 12.8. The molecule has 0 unspecified atom stereocenters. The predicted octanol–water partition coefficient (Wildman–Crippen LogP) is 5.60. The number of hydrogen-bond acceptors (Lipinski definition) is 6. The number of rotatable bonds is 4. The maximum Gasteiger partial charge on any atom is 0.259 e. The molecular formula is C24H20N4OS2. The summed E-state index contributed by atoms with van der Waals surface area (Å²) in [6, 6.07) is 20.7. The maximum absolute atomic E-state index is 12.8. The Morgan fingerprint density at radius 1 is 1.03 bits per heavy atom. The molecule has 0 radical (unpaired) electrons. The molecule has 1 aliphatic heterocycles. The van der Waals surface area contributed by atoms with Crippen LogP contribution in [0.15, 0.2) is 65.5 Å². The van der Waals surface area contributed by atoms with E-state index in [0.717, 1.165) is 51.0 Å². The lowest BCUT2D eigenvalue weighted by atomic mass is 10.2. The lowest BCUT2D eigenvalue weighted by Gasteiger charge is -2.21. The Bertz CT molecular complexity index is 1400. The molecule has 6 rings (SSSR count). The van der Waals surface area contributed by atoms with Gasteiger partial charge in [0, 0.05) is 4.88 Å². The van der Waals surface area contributed by atoms with Crippen LogP contribution in [0.5, 0.6) is 0 Å². The highest BCUT2D eigenvalue weighted by molar-refractivity contribution is 7.21. The van der Waals surface area contributed by atoms with Crippen molar-refractivity contribution in [2.45, 2.75) is 25.4 Å². The largest absolute Gasteiger partial charge is 0.309 e. The van der Waals surface area contributed by atoms with E-state index in [9.17, 15) is 4.79 Å². The molecule has 1 atom stereocenters. The van der Waals surface area contributed by atoms with Crippen LogP contribution in [0, 0.1) is 0 Å². The fraction of sp³-hybridized carbons (Fsp3) is 0.208. The van der Waals surface area contributed by atoms with Gasteiger partial charge in [0.05, 0.1) is 28.2 Å². The van der Waals surface area contributed by atoms with Crippen molar-refractivity contribution in [3.63, 3.8) is 0 Å². The molecular weight excluding hydrogens is 424 g/mol. The first-order valence-electron chi connectivity index (χ1n) is 10.4. The normalized spacial score (nSPS) is 17.1. The van der Waals surface area contributed by atoms with Crippen molar-refractivity contribution in [3.05, 3.63) is 81.8 Å². The average Bonchev–Trinajstić information content (AvgIpc) is 3.52. The van der Waals surface area contributed by atoms with E-state index in [1.807, 2.05) is 30.3 Å². The first-order chi connectivity index (χ1) is 15.2. The average molecular weight is 445 g/mol. The molecule has 5 nitrogen and oxygen atoms in total. The predicted molar refractivity (Wildman–Crippen MR) is 128 cm³/mol. The first kappa shape index (κ1) is 18.9. The molecule has 3 aromatic heterocycles. The van der Waals surface area contributed by atoms with Gasteiger partial charge in [0.25, 0.3) is 5.56 Å². The SMILES string of the molecule is O=c1[nH]c(CN2CCC[C@H]2c2nc3ccccc3s2)nc2sc(-c3ccccc3)cc12. The highest BCUT2D eigenvalue weighted by atomic mass is 32.1. The van der Waals surface area contributed by atoms with E-state index in [1.165, 1.54) is 4.70 Å². The summed E-state index contributed by atoms with van der Waals surface area (Å²) < 4.78 is 1.23. The number of H-pyrrole nitrogens is 1. The van der Waals surface area contributed by atoms with Crippen LogP contribution in [0.1, 0.15) is 29.7 Å². The minimum atomic E-state index is -0.0610. The van der Waals surface area contributed by atoms with E-state index in [4.69, 9.17) is 9.97 Å². The zero-order valence-electron chi connectivity index (χ0n) is 16.7. The quantitative estimate of drug-likeness (QED) is 0.392. The molecule has 7 heteroatoms. The summed E-state index contributed by atoms with van der Waals surface area (Å²) in [5.74, 6) is 0.729. The number of nitrogens with one attached hydrogen (secondary N) is 1. The Morgan fingerprint density at radius 3 is 2.74 bits per heavy atom. The van der Waals surface area contributed by atoms with E-state index >= 15 is 0 Å². The van der Waals surface area contributed by atoms with Crippen molar-refractivity contribution in [2.24, 2.45) is 0 Å². The van der Waals surface area contributed by atoms with Gasteiger partial charge >= 0.3 is 0 Å². The summed E-state index contributed by atoms with van der Waals surface area (Å²) >= 11 is 3.35. The van der Waals surface area contributed by atoms with Crippen molar-refractivity contribution in [2.75, 3.05) is 6.54 Å². The van der Waals surface area contributed by atoms with E-state index in [-0.39, 0.29) is 11.6 Å². The van der Waals surface area contributed by atoms with Crippen molar-refractivity contribution in [1.29, 1.82) is 0 Å². The molecule has 0 amide bonds. The Kier molecular flexibility index (Phi) is 4.67. The van der Waals surface area contributed by atoms with Crippen LogP contribution in [0.2, 0.25) is 0 Å². The van der Waals surface area contributed by atoms with E-state index in [1.54, 1.807) is 22.7 Å². The number of para-hydroxylation sites is 1. The van der Waals surface area contributed by atoms with Gasteiger partial charge in [0.2, 0.25) is 0 Å². The lowest BCUT2D eigenvalue weighted by molar-refractivity contribution is 0.242. The molecule has 0 bridgehead atoms. The molecule has 1 N–H and O–H groups in total. The van der Waals surface area contributed by atoms with Gasteiger partial charge in [-0.2, -0.15) is 0 Å². The van der Waals surface area contributed by atoms with E-state index in [2.05, 4.69) is 40.2 Å². The highest BCUT2D eigenvalue weighted by Crippen LogP contribution is 2.37. The molecule has 31 heavy (non-hydrogen) atoms. The number of thiazole rings is 1. The number of nitrogens with zero attached hydrogens (tertiary/aromatic N) is 3. The summed E-state index contributed by atoms with van der Waals surface area (Å²) in [4.78, 5) is 29.8. The topological polar surface area (TPSA) is 61.9 Å². The summed E-state index contributed by atoms with van der Waals surface area (Å²) in [5, 5.41) is 1.82. The van der Waals surface area contributed by atoms with Crippen LogP contribution < -0.4 is 5.56 Å². The minimum Gasteiger partial charge on any atom is -0.309 e. The molecule has 0 saturated carbocycles. The second kappa shape index (κ2) is 7.67. The second-order valence-electron chi connectivity index (χ2n) is 7.86. The monoisotopic (exact) mass is 444 g/mol. The molecule has 2 aromatic carbocycles. The van der Waals surface area contributed by atoms with E-state index in [0.29, 0.717) is 11.9 Å². The van der Waals surface area contributed by atoms with Gasteiger partial charge in [-0.25, -0.2) is 9.97 Å². The van der Waals surface area contributed by atoms with Gasteiger partial charge in [-0.1, -0.05) is 42.5 Å². The van der Waals surface area contributed by atoms with Crippen LogP contribution in [-0.4, -0.2) is 26.4 Å². The number of hydrogen-bond donors (Lipinski definition) is 1. The standard InChI is InChI=1S/C24H20N4OS2/c29-22-16-13-20(15-7-2-1-3-8-15)31-23(16)27-21(26-22)14-28-12-6-10-18(28)24-25-17-9-4-5-11-19(17)30-24/h1-5,7-9,11,13,18H,6,10,12,14H2,(H,26,27,29)/t18-/m0/s1. The Hall–Kier alpha value is -2.87. The summed E-state index contributed by atoms with van der Waals surface area (Å²) in [6.45, 7) is 1.62. The minimum absolute atomic E-state index is 0.0610. The van der Waals surface area contributed by atoms with Crippen LogP contribution in [-0.2, 0) is 6.54 Å². The second-order valence-corrected chi connectivity index (χ2v) is 9.95. The van der Waals surface area contributed by atoms with Gasteiger partial charge in [-0.05, 0) is 43.1 Å². The smallest absolute Gasteiger partial charge is 0.259 e. The van der Waals surface area contributed by atoms with Crippen LogP contribution in [0.25, 0.3) is 30.9 Å². The van der Waals surface area contributed by atoms with Gasteiger partial charge in [0.1, 0.15) is 15.7 Å². The van der Waals surface area contributed by atoms with Crippen LogP contribution >= 0.6 is 22.7 Å². The zero-order valence-corrected chi connectivity index (χ0v) is 18.4. The van der Waals surface area contributed by atoms with Crippen molar-refractivity contribution in [1.82, 2.24) is 19.9 Å². The van der Waals surface area contributed by atoms with Crippen LogP contribution in [0.3, 0.4) is 0 Å². The fourth-order valence-corrected chi connectivity index (χ4v) is 6.51. The molecule has 0 spiro atoms. The molecule has 4 heterocycles. The zero-order chi connectivity index (χ0) is 20.8. The van der Waals surface area contributed by atoms with Crippen molar-refractivity contribution < 1.29 is 0 Å². The van der Waals surface area contributed by atoms with Gasteiger partial charge in [-0.15, -0.1) is 22.7 Å².